The first-order valence-corrected chi connectivity index (χ1v) is 13.4. The third kappa shape index (κ3) is 5.69. The van der Waals surface area contributed by atoms with Gasteiger partial charge in [0.2, 0.25) is 0 Å². The van der Waals surface area contributed by atoms with Crippen molar-refractivity contribution in [2.45, 2.75) is 12.5 Å². The highest BCUT2D eigenvalue weighted by Crippen LogP contribution is 2.34. The van der Waals surface area contributed by atoms with Crippen molar-refractivity contribution in [3.8, 4) is 0 Å². The number of likely N-dealkylation sites (tertiary alicyclic amines) is 2. The van der Waals surface area contributed by atoms with E-state index < -0.39 is 5.82 Å². The average Bonchev–Trinajstić information content (AvgIpc) is 3.50. The lowest BCUT2D eigenvalue weighted by atomic mass is 10.0. The molecule has 2 unspecified atom stereocenters. The van der Waals surface area contributed by atoms with Gasteiger partial charge in [0.25, 0.3) is 5.91 Å². The summed E-state index contributed by atoms with van der Waals surface area (Å²) in [7, 11) is 1.77. The fraction of sp³-hybridized carbons (Fsp3) is 0.333. The van der Waals surface area contributed by atoms with Gasteiger partial charge in [-0.25, -0.2) is 9.18 Å². The number of carbonyl (C=O) groups excluding carboxylic acids is 2. The number of fused-ring (bicyclic) bond motifs is 1. The zero-order valence-electron chi connectivity index (χ0n) is 21.4. The minimum absolute atomic E-state index is 0.0343. The number of amides is 3. The minimum Gasteiger partial charge on any atom is -0.338 e. The number of halogens is 2. The molecule has 198 valence electrons. The van der Waals surface area contributed by atoms with Crippen molar-refractivity contribution in [2.24, 2.45) is 11.8 Å². The summed E-state index contributed by atoms with van der Waals surface area (Å²) < 4.78 is 14.3. The summed E-state index contributed by atoms with van der Waals surface area (Å²) in [4.78, 5) is 31.8. The molecule has 6 nitrogen and oxygen atoms in total. The molecule has 5 rings (SSSR count). The van der Waals surface area contributed by atoms with Crippen molar-refractivity contribution in [3.63, 3.8) is 0 Å². The summed E-state index contributed by atoms with van der Waals surface area (Å²) in [5.41, 5.74) is 1.87. The fourth-order valence-electron chi connectivity index (χ4n) is 5.63. The Hall–Kier alpha value is -3.42. The molecule has 0 saturated carbocycles. The Kier molecular flexibility index (Phi) is 7.95. The third-order valence-corrected chi connectivity index (χ3v) is 8.02. The van der Waals surface area contributed by atoms with Crippen molar-refractivity contribution in [1.29, 1.82) is 0 Å². The number of benzene rings is 3. The highest BCUT2D eigenvalue weighted by Gasteiger charge is 2.42. The van der Waals surface area contributed by atoms with E-state index in [1.54, 1.807) is 22.9 Å². The number of carbonyl (C=O) groups is 2. The molecule has 3 amide bonds. The molecule has 2 fully saturated rings. The van der Waals surface area contributed by atoms with Crippen LogP contribution < -0.4 is 10.2 Å². The predicted molar refractivity (Wildman–Crippen MR) is 148 cm³/mol. The molecule has 2 saturated heterocycles. The van der Waals surface area contributed by atoms with Crippen LogP contribution in [0.25, 0.3) is 0 Å². The standard InChI is InChI=1S/C30H32ClFN4O2/c1-34(24-11-6-3-7-12-24)30(38)33-27(21-9-4-2-5-10-21)15-16-35-17-22-19-36(20-23(22)18-35)29(37)28-25(31)13-8-14-26(28)32/h2-14,22-23,27H,15-20H2,1H3,(H,33,38)/t22?,23?,27-/m0/s1. The van der Waals surface area contributed by atoms with Gasteiger partial charge in [-0.15, -0.1) is 0 Å². The van der Waals surface area contributed by atoms with Gasteiger partial charge in [0.15, 0.2) is 0 Å². The number of nitrogens with one attached hydrogen (secondary N) is 1. The summed E-state index contributed by atoms with van der Waals surface area (Å²) in [6, 6.07) is 23.7. The van der Waals surface area contributed by atoms with E-state index in [4.69, 9.17) is 11.6 Å². The SMILES string of the molecule is CN(C(=O)N[C@@H](CCN1CC2CN(C(=O)c3c(F)cccc3Cl)CC2C1)c1ccccc1)c1ccccc1. The van der Waals surface area contributed by atoms with E-state index in [0.29, 0.717) is 24.9 Å². The highest BCUT2D eigenvalue weighted by molar-refractivity contribution is 6.33. The van der Waals surface area contributed by atoms with Gasteiger partial charge in [-0.3, -0.25) is 9.69 Å². The van der Waals surface area contributed by atoms with Crippen LogP contribution in [0.4, 0.5) is 14.9 Å². The first-order chi connectivity index (χ1) is 18.4. The number of nitrogens with zero attached hydrogens (tertiary/aromatic N) is 3. The molecule has 1 N–H and O–H groups in total. The summed E-state index contributed by atoms with van der Waals surface area (Å²) >= 11 is 6.13. The Morgan fingerprint density at radius 1 is 0.947 bits per heavy atom. The lowest BCUT2D eigenvalue weighted by Crippen LogP contribution is -2.40. The van der Waals surface area contributed by atoms with Crippen LogP contribution in [0.1, 0.15) is 28.4 Å². The first kappa shape index (κ1) is 26.2. The third-order valence-electron chi connectivity index (χ3n) is 7.71. The van der Waals surface area contributed by atoms with Gasteiger partial charge >= 0.3 is 6.03 Å². The van der Waals surface area contributed by atoms with E-state index in [2.05, 4.69) is 10.2 Å². The number of hydrogen-bond acceptors (Lipinski definition) is 3. The van der Waals surface area contributed by atoms with Crippen LogP contribution in [0, 0.1) is 17.7 Å². The second-order valence-electron chi connectivity index (χ2n) is 10.2. The maximum atomic E-state index is 14.3. The lowest BCUT2D eigenvalue weighted by Gasteiger charge is -2.27. The van der Waals surface area contributed by atoms with Crippen molar-refractivity contribution >= 4 is 29.2 Å². The van der Waals surface area contributed by atoms with E-state index in [1.807, 2.05) is 60.7 Å². The molecule has 3 aromatic carbocycles. The Morgan fingerprint density at radius 2 is 1.58 bits per heavy atom. The number of para-hydroxylation sites is 1. The monoisotopic (exact) mass is 534 g/mol. The smallest absolute Gasteiger partial charge is 0.322 e. The quantitative estimate of drug-likeness (QED) is 0.438. The van der Waals surface area contributed by atoms with Gasteiger partial charge in [-0.1, -0.05) is 66.2 Å². The molecule has 0 spiro atoms. The Bertz CT molecular complexity index is 1240. The second kappa shape index (κ2) is 11.5. The molecule has 2 aliphatic rings. The Morgan fingerprint density at radius 3 is 2.21 bits per heavy atom. The van der Waals surface area contributed by atoms with Crippen LogP contribution >= 0.6 is 11.6 Å². The molecule has 38 heavy (non-hydrogen) atoms. The minimum atomic E-state index is -0.576. The molecular weight excluding hydrogens is 503 g/mol. The Balaban J connectivity index is 1.18. The van der Waals surface area contributed by atoms with Crippen LogP contribution in [-0.2, 0) is 0 Å². The maximum absolute atomic E-state index is 14.3. The molecule has 3 aromatic rings. The van der Waals surface area contributed by atoms with Crippen molar-refractivity contribution in [2.75, 3.05) is 44.7 Å². The molecule has 0 aromatic heterocycles. The van der Waals surface area contributed by atoms with E-state index in [1.165, 1.54) is 12.1 Å². The van der Waals surface area contributed by atoms with E-state index in [9.17, 15) is 14.0 Å². The lowest BCUT2D eigenvalue weighted by molar-refractivity contribution is 0.0769. The van der Waals surface area contributed by atoms with E-state index >= 15 is 0 Å². The number of urea groups is 1. The van der Waals surface area contributed by atoms with E-state index in [-0.39, 0.29) is 28.6 Å². The Labute approximate surface area is 228 Å². The largest absolute Gasteiger partial charge is 0.338 e. The average molecular weight is 535 g/mol. The van der Waals surface area contributed by atoms with Gasteiger partial charge in [0, 0.05) is 45.5 Å². The fourth-order valence-corrected chi connectivity index (χ4v) is 5.88. The topological polar surface area (TPSA) is 55.9 Å². The van der Waals surface area contributed by atoms with Crippen LogP contribution in [0.3, 0.4) is 0 Å². The molecular formula is C30H32ClFN4O2. The molecule has 0 bridgehead atoms. The first-order valence-electron chi connectivity index (χ1n) is 13.0. The summed E-state index contributed by atoms with van der Waals surface area (Å²) in [5, 5.41) is 3.37. The molecule has 2 heterocycles. The van der Waals surface area contributed by atoms with Crippen molar-refractivity contribution in [3.05, 3.63) is 101 Å². The van der Waals surface area contributed by atoms with Gasteiger partial charge in [0.05, 0.1) is 16.6 Å². The molecule has 2 aliphatic heterocycles. The highest BCUT2D eigenvalue weighted by atomic mass is 35.5. The van der Waals surface area contributed by atoms with Gasteiger partial charge in [-0.05, 0) is 48.1 Å². The summed E-state index contributed by atoms with van der Waals surface area (Å²) in [6.45, 7) is 3.78. The molecule has 3 atom stereocenters. The second-order valence-corrected chi connectivity index (χ2v) is 10.6. The van der Waals surface area contributed by atoms with Crippen LogP contribution in [0.5, 0.6) is 0 Å². The number of rotatable bonds is 7. The zero-order chi connectivity index (χ0) is 26.6. The van der Waals surface area contributed by atoms with Gasteiger partial charge in [0.1, 0.15) is 5.82 Å². The van der Waals surface area contributed by atoms with Gasteiger partial charge < -0.3 is 15.1 Å². The van der Waals surface area contributed by atoms with E-state index in [0.717, 1.165) is 37.3 Å². The van der Waals surface area contributed by atoms with Crippen LogP contribution in [0.2, 0.25) is 5.02 Å². The zero-order valence-corrected chi connectivity index (χ0v) is 22.2. The normalized spacial score (nSPS) is 19.7. The summed E-state index contributed by atoms with van der Waals surface area (Å²) in [5.74, 6) is -0.214. The predicted octanol–water partition coefficient (Wildman–Crippen LogP) is 5.46. The van der Waals surface area contributed by atoms with Crippen LogP contribution in [-0.4, -0.2) is 61.5 Å². The summed E-state index contributed by atoms with van der Waals surface area (Å²) in [6.07, 6.45) is 0.769. The molecule has 0 aliphatic carbocycles. The molecule has 8 heteroatoms. The van der Waals surface area contributed by atoms with Gasteiger partial charge in [-0.2, -0.15) is 0 Å². The number of anilines is 1. The number of hydrogen-bond donors (Lipinski definition) is 1. The maximum Gasteiger partial charge on any atom is 0.322 e. The molecule has 0 radical (unpaired) electrons. The van der Waals surface area contributed by atoms with Crippen molar-refractivity contribution in [1.82, 2.24) is 15.1 Å². The van der Waals surface area contributed by atoms with Crippen LogP contribution in [0.15, 0.2) is 78.9 Å². The van der Waals surface area contributed by atoms with Crippen molar-refractivity contribution < 1.29 is 14.0 Å².